The van der Waals surface area contributed by atoms with Crippen molar-refractivity contribution in [3.8, 4) is 11.5 Å². The van der Waals surface area contributed by atoms with Gasteiger partial charge in [-0.2, -0.15) is 5.10 Å². The molecule has 0 bridgehead atoms. The summed E-state index contributed by atoms with van der Waals surface area (Å²) in [5.41, 5.74) is 4.51. The van der Waals surface area contributed by atoms with Crippen LogP contribution in [0.3, 0.4) is 0 Å². The number of amides is 1. The van der Waals surface area contributed by atoms with Gasteiger partial charge in [-0.05, 0) is 123 Å². The lowest BCUT2D eigenvalue weighted by Gasteiger charge is -2.30. The molecule has 242 valence electrons. The maximum atomic E-state index is 14.3. The zero-order chi connectivity index (χ0) is 33.0. The molecule has 4 aromatic carbocycles. The van der Waals surface area contributed by atoms with Crippen LogP contribution < -0.4 is 14.2 Å². The van der Waals surface area contributed by atoms with E-state index in [-0.39, 0.29) is 28.3 Å². The zero-order valence-electron chi connectivity index (χ0n) is 26.2. The standard InChI is InChI=1S/C37H36ClN3O5S/c1-3-45-31-19-11-25(12-20-31)23-27-7-6-10-34-35(27)39-41(36(34)26-13-21-32(22-14-26)46-4-2)37(42)28-8-5-9-33(24-28)47(43,44)40-30-17-15-29(38)16-18-30/h5,8-9,11-24,34,36,40H,3-4,6-7,10H2,1-2H3/b27-23+/t34-,36+/m0/s1. The molecule has 2 atom stereocenters. The van der Waals surface area contributed by atoms with Crippen LogP contribution in [0.5, 0.6) is 11.5 Å². The van der Waals surface area contributed by atoms with Crippen molar-refractivity contribution in [3.05, 3.63) is 124 Å². The Hall–Kier alpha value is -4.60. The lowest BCUT2D eigenvalue weighted by atomic mass is 9.77. The third-order valence-corrected chi connectivity index (χ3v) is 9.89. The molecule has 1 fully saturated rings. The van der Waals surface area contributed by atoms with Crippen LogP contribution in [0.25, 0.3) is 6.08 Å². The molecule has 0 radical (unpaired) electrons. The maximum Gasteiger partial charge on any atom is 0.274 e. The topological polar surface area (TPSA) is 97.3 Å². The van der Waals surface area contributed by atoms with Crippen LogP contribution in [0.15, 0.2) is 113 Å². The second-order valence-corrected chi connectivity index (χ2v) is 13.5. The number of nitrogens with zero attached hydrogens (tertiary/aromatic N) is 2. The van der Waals surface area contributed by atoms with Gasteiger partial charge in [0.2, 0.25) is 0 Å². The number of benzene rings is 4. The first kappa shape index (κ1) is 32.3. The van der Waals surface area contributed by atoms with Crippen molar-refractivity contribution in [3.63, 3.8) is 0 Å². The SMILES string of the molecule is CCOc1ccc(/C=C2\CCC[C@H]3C2=NN(C(=O)c2cccc(S(=O)(=O)Nc4ccc(Cl)cc4)c2)[C@@H]3c2ccc(OCC)cc2)cc1. The van der Waals surface area contributed by atoms with Crippen LogP contribution in [-0.2, 0) is 10.0 Å². The van der Waals surface area contributed by atoms with E-state index in [0.29, 0.717) is 23.9 Å². The number of sulfonamides is 1. The summed E-state index contributed by atoms with van der Waals surface area (Å²) in [5.74, 6) is 1.15. The normalized spacial score (nSPS) is 18.4. The van der Waals surface area contributed by atoms with Gasteiger partial charge in [-0.3, -0.25) is 9.52 Å². The molecule has 4 aromatic rings. The number of ether oxygens (including phenoxy) is 2. The van der Waals surface area contributed by atoms with Crippen molar-refractivity contribution >= 4 is 45.0 Å². The predicted octanol–water partition coefficient (Wildman–Crippen LogP) is 8.38. The molecule has 2 aliphatic rings. The van der Waals surface area contributed by atoms with Crippen LogP contribution in [-0.4, -0.2) is 38.3 Å². The fourth-order valence-corrected chi connectivity index (χ4v) is 7.35. The molecule has 0 saturated heterocycles. The largest absolute Gasteiger partial charge is 0.494 e. The lowest BCUT2D eigenvalue weighted by Crippen LogP contribution is -2.32. The highest BCUT2D eigenvalue weighted by atomic mass is 35.5. The van der Waals surface area contributed by atoms with E-state index < -0.39 is 10.0 Å². The lowest BCUT2D eigenvalue weighted by molar-refractivity contribution is 0.0680. The summed E-state index contributed by atoms with van der Waals surface area (Å²) in [7, 11) is -3.98. The molecule has 1 N–H and O–H groups in total. The second-order valence-electron chi connectivity index (χ2n) is 11.4. The van der Waals surface area contributed by atoms with Gasteiger partial charge >= 0.3 is 0 Å². The van der Waals surface area contributed by atoms with E-state index in [1.807, 2.05) is 62.4 Å². The summed E-state index contributed by atoms with van der Waals surface area (Å²) in [5, 5.41) is 7.02. The fraction of sp³-hybridized carbons (Fsp3) is 0.243. The molecule has 10 heteroatoms. The van der Waals surface area contributed by atoms with Crippen LogP contribution in [0.1, 0.15) is 60.6 Å². The number of allylic oxidation sites excluding steroid dienone is 1. The number of anilines is 1. The third kappa shape index (κ3) is 7.21. The van der Waals surface area contributed by atoms with E-state index >= 15 is 0 Å². The molecule has 6 rings (SSSR count). The van der Waals surface area contributed by atoms with Crippen molar-refractivity contribution in [2.75, 3.05) is 17.9 Å². The summed E-state index contributed by atoms with van der Waals surface area (Å²) in [6.45, 7) is 5.04. The third-order valence-electron chi connectivity index (χ3n) is 8.26. The van der Waals surface area contributed by atoms with E-state index in [9.17, 15) is 13.2 Å². The number of carbonyl (C=O) groups excluding carboxylic acids is 1. The minimum Gasteiger partial charge on any atom is -0.494 e. The highest BCUT2D eigenvalue weighted by molar-refractivity contribution is 7.92. The fourth-order valence-electron chi connectivity index (χ4n) is 6.12. The average Bonchev–Trinajstić information content (AvgIpc) is 3.48. The highest BCUT2D eigenvalue weighted by Gasteiger charge is 2.44. The van der Waals surface area contributed by atoms with Crippen molar-refractivity contribution in [2.45, 2.75) is 44.0 Å². The van der Waals surface area contributed by atoms with Gasteiger partial charge in [-0.15, -0.1) is 0 Å². The van der Waals surface area contributed by atoms with E-state index in [4.69, 9.17) is 26.2 Å². The monoisotopic (exact) mass is 669 g/mol. The molecule has 1 saturated carbocycles. The summed E-state index contributed by atoms with van der Waals surface area (Å²) in [6.07, 6.45) is 4.79. The Kier molecular flexibility index (Phi) is 9.66. The van der Waals surface area contributed by atoms with Gasteiger partial charge < -0.3 is 9.47 Å². The summed E-state index contributed by atoms with van der Waals surface area (Å²) < 4.78 is 40.5. The number of rotatable bonds is 10. The molecule has 1 heterocycles. The van der Waals surface area contributed by atoms with E-state index in [1.54, 1.807) is 36.4 Å². The number of halogens is 1. The Balaban J connectivity index is 1.35. The van der Waals surface area contributed by atoms with Crippen molar-refractivity contribution in [1.29, 1.82) is 0 Å². The number of hydrogen-bond acceptors (Lipinski definition) is 6. The van der Waals surface area contributed by atoms with Gasteiger partial charge in [-0.25, -0.2) is 13.4 Å². The number of fused-ring (bicyclic) bond motifs is 1. The highest BCUT2D eigenvalue weighted by Crippen LogP contribution is 2.45. The Morgan fingerprint density at radius 3 is 2.26 bits per heavy atom. The Labute approximate surface area is 280 Å². The summed E-state index contributed by atoms with van der Waals surface area (Å²) in [6, 6.07) is 27.8. The summed E-state index contributed by atoms with van der Waals surface area (Å²) >= 11 is 5.96. The van der Waals surface area contributed by atoms with Crippen molar-refractivity contribution in [2.24, 2.45) is 11.0 Å². The molecule has 1 aliphatic carbocycles. The van der Waals surface area contributed by atoms with E-state index in [2.05, 4.69) is 10.8 Å². The first-order chi connectivity index (χ1) is 22.8. The molecule has 47 heavy (non-hydrogen) atoms. The maximum absolute atomic E-state index is 14.3. The van der Waals surface area contributed by atoms with Gasteiger partial charge in [0.15, 0.2) is 0 Å². The smallest absolute Gasteiger partial charge is 0.274 e. The second kappa shape index (κ2) is 14.0. The number of hydrazone groups is 1. The van der Waals surface area contributed by atoms with Crippen molar-refractivity contribution < 1.29 is 22.7 Å². The zero-order valence-corrected chi connectivity index (χ0v) is 27.8. The molecule has 1 aliphatic heterocycles. The first-order valence-corrected chi connectivity index (χ1v) is 17.6. The number of nitrogens with one attached hydrogen (secondary N) is 1. The van der Waals surface area contributed by atoms with Gasteiger partial charge in [0, 0.05) is 22.2 Å². The van der Waals surface area contributed by atoms with E-state index in [0.717, 1.165) is 53.2 Å². The van der Waals surface area contributed by atoms with Crippen LogP contribution in [0, 0.1) is 5.92 Å². The van der Waals surface area contributed by atoms with Crippen LogP contribution >= 0.6 is 11.6 Å². The Morgan fingerprint density at radius 2 is 1.60 bits per heavy atom. The van der Waals surface area contributed by atoms with Crippen LogP contribution in [0.4, 0.5) is 5.69 Å². The van der Waals surface area contributed by atoms with Gasteiger partial charge in [0.25, 0.3) is 15.9 Å². The molecular formula is C37H36ClN3O5S. The van der Waals surface area contributed by atoms with Gasteiger partial charge in [0.05, 0.1) is 29.9 Å². The molecule has 0 aromatic heterocycles. The number of carbonyl (C=O) groups is 1. The Bertz CT molecular complexity index is 1910. The quantitative estimate of drug-likeness (QED) is 0.183. The first-order valence-electron chi connectivity index (χ1n) is 15.7. The minimum atomic E-state index is -3.98. The summed E-state index contributed by atoms with van der Waals surface area (Å²) in [4.78, 5) is 14.3. The van der Waals surface area contributed by atoms with E-state index in [1.165, 1.54) is 17.1 Å². The van der Waals surface area contributed by atoms with Crippen molar-refractivity contribution in [1.82, 2.24) is 5.01 Å². The molecule has 0 spiro atoms. The van der Waals surface area contributed by atoms with Crippen LogP contribution in [0.2, 0.25) is 5.02 Å². The van der Waals surface area contributed by atoms with Gasteiger partial charge in [0.1, 0.15) is 11.5 Å². The predicted molar refractivity (Wildman–Crippen MR) is 186 cm³/mol. The molecule has 0 unspecified atom stereocenters. The average molecular weight is 670 g/mol. The molecule has 8 nitrogen and oxygen atoms in total. The molecule has 1 amide bonds. The minimum absolute atomic E-state index is 0.0296. The molecular weight excluding hydrogens is 634 g/mol. The Morgan fingerprint density at radius 1 is 0.936 bits per heavy atom. The van der Waals surface area contributed by atoms with Gasteiger partial charge in [-0.1, -0.05) is 41.9 Å². The number of hydrogen-bond donors (Lipinski definition) is 1.